The molecule has 0 aromatic carbocycles. The molecule has 1 aliphatic rings. The molecule has 17 heavy (non-hydrogen) atoms. The van der Waals surface area contributed by atoms with Gasteiger partial charge in [-0.2, -0.15) is 13.2 Å². The summed E-state index contributed by atoms with van der Waals surface area (Å²) in [5.74, 6) is 0.516. The monoisotopic (exact) mass is 457 g/mol. The number of pyridine rings is 1. The zero-order chi connectivity index (χ0) is 11.8. The molecule has 0 saturated carbocycles. The van der Waals surface area contributed by atoms with Gasteiger partial charge in [0.05, 0.1) is 5.56 Å². The number of anilines is 1. The van der Waals surface area contributed by atoms with Crippen molar-refractivity contribution in [3.8, 4) is 0 Å². The fraction of sp³-hybridized carbons (Fsp3) is 0.500. The van der Waals surface area contributed by atoms with Crippen LogP contribution in [0, 0.1) is 44.1 Å². The van der Waals surface area contributed by atoms with E-state index in [0.29, 0.717) is 18.9 Å². The Bertz CT molecular complexity index is 366. The molecule has 1 radical (unpaired) electrons. The van der Waals surface area contributed by atoms with Crippen LogP contribution < -0.4 is 4.90 Å². The quantitative estimate of drug-likeness (QED) is 0.651. The molecule has 1 aromatic heterocycles. The number of alkyl halides is 3. The minimum atomic E-state index is -4.34. The average molecular weight is 457 g/mol. The second-order valence-electron chi connectivity index (χ2n) is 3.83. The SMILES string of the molecule is [Ac].[NH-][C@H]1CCN(c2ccc(C(F)(F)F)cn2)C1. The first-order valence-electron chi connectivity index (χ1n) is 4.96. The minimum Gasteiger partial charge on any atom is -0.673 e. The minimum absolute atomic E-state index is 0. The van der Waals surface area contributed by atoms with E-state index in [4.69, 9.17) is 5.73 Å². The van der Waals surface area contributed by atoms with E-state index in [-0.39, 0.29) is 50.1 Å². The third-order valence-corrected chi connectivity index (χ3v) is 2.59. The van der Waals surface area contributed by atoms with Gasteiger partial charge in [-0.15, -0.1) is 6.04 Å². The predicted octanol–water partition coefficient (Wildman–Crippen LogP) is 2.73. The summed E-state index contributed by atoms with van der Waals surface area (Å²) in [7, 11) is 0. The Morgan fingerprint density at radius 1 is 1.35 bits per heavy atom. The maximum Gasteiger partial charge on any atom is 0.417 e. The van der Waals surface area contributed by atoms with Gasteiger partial charge in [-0.25, -0.2) is 4.98 Å². The first-order chi connectivity index (χ1) is 7.47. The second kappa shape index (κ2) is 5.85. The van der Waals surface area contributed by atoms with Crippen LogP contribution in [0.2, 0.25) is 0 Å². The fourth-order valence-corrected chi connectivity index (χ4v) is 1.71. The maximum atomic E-state index is 12.3. The standard InChI is InChI=1S/C10H11F3N3.Ac/c11-10(12,13)7-1-2-9(15-5-7)16-4-3-8(14)6-16;/h1-2,5,8,14H,3-4,6H2;/q-1;/t8-;/m0./s1. The molecule has 1 saturated heterocycles. The van der Waals surface area contributed by atoms with Gasteiger partial charge in [-0.05, 0) is 12.1 Å². The van der Waals surface area contributed by atoms with Crippen molar-refractivity contribution in [3.05, 3.63) is 29.6 Å². The van der Waals surface area contributed by atoms with Crippen molar-refractivity contribution in [1.82, 2.24) is 4.98 Å². The van der Waals surface area contributed by atoms with E-state index in [1.165, 1.54) is 6.07 Å². The van der Waals surface area contributed by atoms with Crippen LogP contribution in [0.3, 0.4) is 0 Å². The molecule has 1 atom stereocenters. The van der Waals surface area contributed by atoms with Crippen LogP contribution in [-0.2, 0) is 6.18 Å². The Kier molecular flexibility index (Phi) is 5.23. The molecule has 7 heteroatoms. The van der Waals surface area contributed by atoms with E-state index in [2.05, 4.69) is 4.98 Å². The second-order valence-corrected chi connectivity index (χ2v) is 3.83. The normalized spacial score (nSPS) is 20.2. The maximum absolute atomic E-state index is 12.3. The predicted molar refractivity (Wildman–Crippen MR) is 54.2 cm³/mol. The fourth-order valence-electron chi connectivity index (χ4n) is 1.71. The molecule has 0 bridgehead atoms. The van der Waals surface area contributed by atoms with Gasteiger partial charge in [0.1, 0.15) is 5.82 Å². The average Bonchev–Trinajstić information content (AvgIpc) is 2.64. The Labute approximate surface area is 133 Å². The number of halogens is 3. The van der Waals surface area contributed by atoms with Crippen LogP contribution in [0.15, 0.2) is 18.3 Å². The topological polar surface area (TPSA) is 39.9 Å². The van der Waals surface area contributed by atoms with Crippen molar-refractivity contribution in [2.24, 2.45) is 0 Å². The van der Waals surface area contributed by atoms with Crippen molar-refractivity contribution in [2.45, 2.75) is 18.6 Å². The number of rotatable bonds is 1. The van der Waals surface area contributed by atoms with Gasteiger partial charge < -0.3 is 10.6 Å². The molecule has 0 amide bonds. The number of nitrogens with one attached hydrogen (secondary N) is 1. The summed E-state index contributed by atoms with van der Waals surface area (Å²) in [6, 6.07) is 2.23. The van der Waals surface area contributed by atoms with Crippen LogP contribution in [0.1, 0.15) is 12.0 Å². The van der Waals surface area contributed by atoms with Gasteiger partial charge in [0.15, 0.2) is 0 Å². The van der Waals surface area contributed by atoms with Crippen LogP contribution in [0.25, 0.3) is 5.73 Å². The third kappa shape index (κ3) is 3.80. The molecule has 91 valence electrons. The van der Waals surface area contributed by atoms with Gasteiger partial charge in [0, 0.05) is 63.3 Å². The Morgan fingerprint density at radius 3 is 2.47 bits per heavy atom. The number of nitrogens with zero attached hydrogens (tertiary/aromatic N) is 2. The van der Waals surface area contributed by atoms with E-state index in [1.807, 2.05) is 4.90 Å². The van der Waals surface area contributed by atoms with E-state index in [1.54, 1.807) is 0 Å². The summed E-state index contributed by atoms with van der Waals surface area (Å²) >= 11 is 0. The summed E-state index contributed by atoms with van der Waals surface area (Å²) in [5, 5.41) is 0. The van der Waals surface area contributed by atoms with Gasteiger partial charge in [0.25, 0.3) is 0 Å². The van der Waals surface area contributed by atoms with Crippen LogP contribution in [0.4, 0.5) is 19.0 Å². The van der Waals surface area contributed by atoms with E-state index in [9.17, 15) is 13.2 Å². The first-order valence-corrected chi connectivity index (χ1v) is 4.96. The molecule has 2 heterocycles. The first kappa shape index (κ1) is 15.2. The number of aromatic nitrogens is 1. The molecule has 0 unspecified atom stereocenters. The molecule has 1 aromatic rings. The molecule has 1 aliphatic heterocycles. The Balaban J connectivity index is 0.00000144. The van der Waals surface area contributed by atoms with Crippen LogP contribution in [-0.4, -0.2) is 24.1 Å². The van der Waals surface area contributed by atoms with Gasteiger partial charge >= 0.3 is 6.18 Å². The summed E-state index contributed by atoms with van der Waals surface area (Å²) in [6.07, 6.45) is -2.76. The molecule has 1 fully saturated rings. The van der Waals surface area contributed by atoms with Crippen molar-refractivity contribution in [2.75, 3.05) is 18.0 Å². The number of hydrogen-bond acceptors (Lipinski definition) is 2. The number of hydrogen-bond donors (Lipinski definition) is 0. The van der Waals surface area contributed by atoms with Crippen molar-refractivity contribution < 1.29 is 57.2 Å². The zero-order valence-electron chi connectivity index (χ0n) is 9.04. The summed E-state index contributed by atoms with van der Waals surface area (Å²) in [5.41, 5.74) is 6.77. The molecular formula is C10H11AcF3N3-. The van der Waals surface area contributed by atoms with Crippen LogP contribution >= 0.6 is 0 Å². The molecular weight excluding hydrogens is 446 g/mol. The van der Waals surface area contributed by atoms with Crippen molar-refractivity contribution in [1.29, 1.82) is 0 Å². The zero-order valence-corrected chi connectivity index (χ0v) is 13.8. The van der Waals surface area contributed by atoms with E-state index in [0.717, 1.165) is 18.7 Å². The molecule has 2 rings (SSSR count). The van der Waals surface area contributed by atoms with Gasteiger partial charge in [0.2, 0.25) is 0 Å². The van der Waals surface area contributed by atoms with Crippen molar-refractivity contribution >= 4 is 5.82 Å². The Hall–Kier alpha value is 0.142. The molecule has 0 aliphatic carbocycles. The summed E-state index contributed by atoms with van der Waals surface area (Å²) < 4.78 is 36.8. The smallest absolute Gasteiger partial charge is 0.417 e. The van der Waals surface area contributed by atoms with Crippen LogP contribution in [0.5, 0.6) is 0 Å². The van der Waals surface area contributed by atoms with Gasteiger partial charge in [-0.3, -0.25) is 0 Å². The summed E-state index contributed by atoms with van der Waals surface area (Å²) in [4.78, 5) is 5.62. The van der Waals surface area contributed by atoms with Crippen molar-refractivity contribution in [3.63, 3.8) is 0 Å². The van der Waals surface area contributed by atoms with E-state index < -0.39 is 11.7 Å². The molecule has 0 spiro atoms. The third-order valence-electron chi connectivity index (χ3n) is 2.59. The molecule has 3 nitrogen and oxygen atoms in total. The van der Waals surface area contributed by atoms with E-state index >= 15 is 0 Å². The Morgan fingerprint density at radius 2 is 2.06 bits per heavy atom. The molecule has 1 N–H and O–H groups in total. The largest absolute Gasteiger partial charge is 0.673 e. The summed E-state index contributed by atoms with van der Waals surface area (Å²) in [6.45, 7) is 1.23. The van der Waals surface area contributed by atoms with Gasteiger partial charge in [-0.1, -0.05) is 6.42 Å².